The van der Waals surface area contributed by atoms with Gasteiger partial charge < -0.3 is 20.1 Å². The molecule has 1 aromatic heterocycles. The van der Waals surface area contributed by atoms with Crippen molar-refractivity contribution in [3.05, 3.63) is 34.8 Å². The number of halogens is 1. The third kappa shape index (κ3) is 3.81. The highest BCUT2D eigenvalue weighted by atomic mass is 35.5. The van der Waals surface area contributed by atoms with Gasteiger partial charge in [0.25, 0.3) is 5.91 Å². The number of piperazine rings is 1. The summed E-state index contributed by atoms with van der Waals surface area (Å²) in [5.41, 5.74) is 6.31. The number of thiazole rings is 1. The number of nitrogens with two attached hydrogens (primary N) is 1. The minimum absolute atomic E-state index is 0. The van der Waals surface area contributed by atoms with E-state index in [9.17, 15) is 4.79 Å². The van der Waals surface area contributed by atoms with Gasteiger partial charge >= 0.3 is 0 Å². The van der Waals surface area contributed by atoms with Crippen molar-refractivity contribution in [1.29, 1.82) is 0 Å². The Kier molecular flexibility index (Phi) is 5.31. The molecule has 0 atom stereocenters. The maximum Gasteiger partial charge on any atom is 0.254 e. The van der Waals surface area contributed by atoms with Crippen LogP contribution in [0.5, 0.6) is 11.5 Å². The number of ether oxygens (including phenoxy) is 2. The van der Waals surface area contributed by atoms with Crippen molar-refractivity contribution >= 4 is 34.8 Å². The van der Waals surface area contributed by atoms with Crippen LogP contribution >= 0.6 is 23.7 Å². The number of fused-ring (bicyclic) bond motifs is 1. The highest BCUT2D eigenvalue weighted by Gasteiger charge is 2.24. The molecule has 0 saturated carbocycles. The van der Waals surface area contributed by atoms with Crippen LogP contribution in [0.15, 0.2) is 24.4 Å². The van der Waals surface area contributed by atoms with Crippen molar-refractivity contribution in [3.8, 4) is 11.5 Å². The van der Waals surface area contributed by atoms with E-state index in [1.54, 1.807) is 18.2 Å². The molecule has 25 heavy (non-hydrogen) atoms. The molecule has 1 fully saturated rings. The summed E-state index contributed by atoms with van der Waals surface area (Å²) in [6.07, 6.45) is 1.82. The molecule has 4 rings (SSSR count). The van der Waals surface area contributed by atoms with Crippen molar-refractivity contribution < 1.29 is 14.3 Å². The molecule has 0 spiro atoms. The Hall–Kier alpha value is -2.03. The lowest BCUT2D eigenvalue weighted by molar-refractivity contribution is 0.0629. The second-order valence-corrected chi connectivity index (χ2v) is 6.95. The van der Waals surface area contributed by atoms with E-state index < -0.39 is 0 Å². The fourth-order valence-electron chi connectivity index (χ4n) is 2.94. The molecule has 1 aromatic carbocycles. The summed E-state index contributed by atoms with van der Waals surface area (Å²) >= 11 is 1.52. The molecule has 3 heterocycles. The molecule has 134 valence electrons. The van der Waals surface area contributed by atoms with Gasteiger partial charge in [-0.1, -0.05) is 0 Å². The zero-order valence-electron chi connectivity index (χ0n) is 13.5. The Morgan fingerprint density at radius 1 is 1.20 bits per heavy atom. The molecule has 9 heteroatoms. The van der Waals surface area contributed by atoms with E-state index in [1.165, 1.54) is 11.3 Å². The Bertz CT molecular complexity index is 762. The Labute approximate surface area is 155 Å². The number of rotatable bonds is 3. The van der Waals surface area contributed by atoms with Crippen LogP contribution < -0.4 is 15.2 Å². The van der Waals surface area contributed by atoms with Crippen LogP contribution in [0.4, 0.5) is 5.13 Å². The first-order valence-electron chi connectivity index (χ1n) is 7.80. The van der Waals surface area contributed by atoms with Gasteiger partial charge in [0.05, 0.1) is 0 Å². The molecule has 0 unspecified atom stereocenters. The van der Waals surface area contributed by atoms with Crippen LogP contribution in [-0.2, 0) is 6.54 Å². The predicted octanol–water partition coefficient (Wildman–Crippen LogP) is 1.83. The normalized spacial score (nSPS) is 16.6. The molecule has 0 aliphatic carbocycles. The van der Waals surface area contributed by atoms with Gasteiger partial charge in [-0.3, -0.25) is 9.69 Å². The molecule has 2 aromatic rings. The molecule has 1 amide bonds. The van der Waals surface area contributed by atoms with Gasteiger partial charge in [-0.05, 0) is 18.2 Å². The summed E-state index contributed by atoms with van der Waals surface area (Å²) in [6, 6.07) is 5.35. The SMILES string of the molecule is Cl.Nc1ncc(CN2CCN(C(=O)c3ccc4c(c3)OCO4)CC2)s1. The zero-order valence-corrected chi connectivity index (χ0v) is 15.1. The average Bonchev–Trinajstić information content (AvgIpc) is 3.23. The summed E-state index contributed by atoms with van der Waals surface area (Å²) < 4.78 is 10.6. The molecule has 7 nitrogen and oxygen atoms in total. The topological polar surface area (TPSA) is 80.9 Å². The maximum absolute atomic E-state index is 12.7. The number of carbonyl (C=O) groups excluding carboxylic acids is 1. The Morgan fingerprint density at radius 2 is 1.96 bits per heavy atom. The lowest BCUT2D eigenvalue weighted by Gasteiger charge is -2.34. The van der Waals surface area contributed by atoms with Gasteiger partial charge in [0.15, 0.2) is 16.6 Å². The summed E-state index contributed by atoms with van der Waals surface area (Å²) in [5.74, 6) is 1.37. The number of nitrogen functional groups attached to an aromatic ring is 1. The van der Waals surface area contributed by atoms with Crippen molar-refractivity contribution in [2.45, 2.75) is 6.54 Å². The fourth-order valence-corrected chi connectivity index (χ4v) is 3.66. The molecule has 2 aliphatic heterocycles. The van der Waals surface area contributed by atoms with Crippen molar-refractivity contribution in [2.75, 3.05) is 38.7 Å². The van der Waals surface area contributed by atoms with Crippen LogP contribution in [0, 0.1) is 0 Å². The van der Waals surface area contributed by atoms with E-state index >= 15 is 0 Å². The summed E-state index contributed by atoms with van der Waals surface area (Å²) in [4.78, 5) is 22.1. The van der Waals surface area contributed by atoms with E-state index in [0.29, 0.717) is 35.3 Å². The number of carbonyl (C=O) groups is 1. The average molecular weight is 383 g/mol. The van der Waals surface area contributed by atoms with Gasteiger partial charge in [0.2, 0.25) is 6.79 Å². The highest BCUT2D eigenvalue weighted by Crippen LogP contribution is 2.32. The van der Waals surface area contributed by atoms with Gasteiger partial charge in [-0.15, -0.1) is 23.7 Å². The molecule has 1 saturated heterocycles. The van der Waals surface area contributed by atoms with E-state index in [2.05, 4.69) is 9.88 Å². The lowest BCUT2D eigenvalue weighted by atomic mass is 10.1. The number of nitrogens with zero attached hydrogens (tertiary/aromatic N) is 3. The van der Waals surface area contributed by atoms with Crippen molar-refractivity contribution in [2.24, 2.45) is 0 Å². The van der Waals surface area contributed by atoms with Crippen LogP contribution in [-0.4, -0.2) is 53.7 Å². The predicted molar refractivity (Wildman–Crippen MR) is 97.5 cm³/mol. The summed E-state index contributed by atoms with van der Waals surface area (Å²) in [5, 5.41) is 0.599. The second-order valence-electron chi connectivity index (χ2n) is 5.80. The fraction of sp³-hybridized carbons (Fsp3) is 0.375. The quantitative estimate of drug-likeness (QED) is 0.872. The molecular weight excluding hydrogens is 364 g/mol. The number of amides is 1. The van der Waals surface area contributed by atoms with E-state index in [4.69, 9.17) is 15.2 Å². The Balaban J connectivity index is 0.00000182. The molecule has 0 radical (unpaired) electrons. The number of aromatic nitrogens is 1. The third-order valence-corrected chi connectivity index (χ3v) is 5.04. The number of hydrogen-bond acceptors (Lipinski definition) is 7. The first-order valence-corrected chi connectivity index (χ1v) is 8.62. The van der Waals surface area contributed by atoms with Crippen LogP contribution in [0.25, 0.3) is 0 Å². The van der Waals surface area contributed by atoms with Gasteiger partial charge in [0, 0.05) is 49.4 Å². The second kappa shape index (κ2) is 7.47. The molecule has 0 bridgehead atoms. The summed E-state index contributed by atoms with van der Waals surface area (Å²) in [7, 11) is 0. The number of benzene rings is 1. The first kappa shape index (κ1) is 17.8. The van der Waals surface area contributed by atoms with E-state index in [1.807, 2.05) is 11.1 Å². The minimum Gasteiger partial charge on any atom is -0.454 e. The maximum atomic E-state index is 12.7. The monoisotopic (exact) mass is 382 g/mol. The largest absolute Gasteiger partial charge is 0.454 e. The zero-order chi connectivity index (χ0) is 16.5. The van der Waals surface area contributed by atoms with Crippen molar-refractivity contribution in [1.82, 2.24) is 14.8 Å². The van der Waals surface area contributed by atoms with Crippen LogP contribution in [0.1, 0.15) is 15.2 Å². The molecule has 2 N–H and O–H groups in total. The minimum atomic E-state index is 0. The first-order chi connectivity index (χ1) is 11.7. The van der Waals surface area contributed by atoms with Gasteiger partial charge in [-0.2, -0.15) is 0 Å². The number of anilines is 1. The van der Waals surface area contributed by atoms with Gasteiger partial charge in [0.1, 0.15) is 0 Å². The molecular formula is C16H19ClN4O3S. The van der Waals surface area contributed by atoms with Crippen LogP contribution in [0.2, 0.25) is 0 Å². The lowest BCUT2D eigenvalue weighted by Crippen LogP contribution is -2.48. The smallest absolute Gasteiger partial charge is 0.254 e. The molecule has 2 aliphatic rings. The van der Waals surface area contributed by atoms with Crippen LogP contribution in [0.3, 0.4) is 0 Å². The highest BCUT2D eigenvalue weighted by molar-refractivity contribution is 7.15. The Morgan fingerprint density at radius 3 is 2.68 bits per heavy atom. The van der Waals surface area contributed by atoms with E-state index in [0.717, 1.165) is 24.5 Å². The summed E-state index contributed by atoms with van der Waals surface area (Å²) in [6.45, 7) is 4.15. The van der Waals surface area contributed by atoms with Gasteiger partial charge in [-0.25, -0.2) is 4.98 Å². The van der Waals surface area contributed by atoms with Crippen molar-refractivity contribution in [3.63, 3.8) is 0 Å². The number of hydrogen-bond donors (Lipinski definition) is 1. The van der Waals surface area contributed by atoms with E-state index in [-0.39, 0.29) is 25.1 Å². The third-order valence-electron chi connectivity index (χ3n) is 4.23. The standard InChI is InChI=1S/C16H18N4O3S.ClH/c17-16-18-8-12(24-16)9-19-3-5-20(6-4-19)15(21)11-1-2-13-14(7-11)23-10-22-13;/h1-2,7-8H,3-6,9-10H2,(H2,17,18);1H.